The highest BCUT2D eigenvalue weighted by Gasteiger charge is 2.31. The number of nitrogens with zero attached hydrogens (tertiary/aromatic N) is 1. The van der Waals surface area contributed by atoms with Crippen LogP contribution in [0.15, 0.2) is 0 Å². The van der Waals surface area contributed by atoms with E-state index in [4.69, 9.17) is 9.84 Å². The molecule has 1 saturated heterocycles. The lowest BCUT2D eigenvalue weighted by Gasteiger charge is -2.38. The summed E-state index contributed by atoms with van der Waals surface area (Å²) in [4.78, 5) is 14.2. The van der Waals surface area contributed by atoms with E-state index in [0.717, 1.165) is 32.2 Å². The molecule has 3 atom stereocenters. The first-order valence-electron chi connectivity index (χ1n) is 8.60. The van der Waals surface area contributed by atoms with E-state index >= 15 is 0 Å². The number of hydrogen-bond donors (Lipinski definition) is 3. The van der Waals surface area contributed by atoms with Gasteiger partial charge in [0.25, 0.3) is 0 Å². The topological polar surface area (TPSA) is 82.0 Å². The van der Waals surface area contributed by atoms with Crippen molar-refractivity contribution < 1.29 is 19.7 Å². The summed E-state index contributed by atoms with van der Waals surface area (Å²) >= 11 is 0. The third-order valence-corrected chi connectivity index (χ3v) is 4.05. The summed E-state index contributed by atoms with van der Waals surface area (Å²) in [6.45, 7) is 10.1. The van der Waals surface area contributed by atoms with E-state index in [0.29, 0.717) is 6.54 Å². The van der Waals surface area contributed by atoms with Crippen molar-refractivity contribution in [2.24, 2.45) is 0 Å². The van der Waals surface area contributed by atoms with Crippen molar-refractivity contribution in [3.63, 3.8) is 0 Å². The van der Waals surface area contributed by atoms with Gasteiger partial charge in [-0.1, -0.05) is 0 Å². The molecule has 6 heteroatoms. The predicted molar refractivity (Wildman–Crippen MR) is 90.4 cm³/mol. The molecule has 1 heterocycles. The number of rotatable bonds is 6. The van der Waals surface area contributed by atoms with Crippen LogP contribution in [0.5, 0.6) is 0 Å². The lowest BCUT2D eigenvalue weighted by molar-refractivity contribution is -0.00264. The van der Waals surface area contributed by atoms with Crippen molar-refractivity contribution in [3.05, 3.63) is 0 Å². The fourth-order valence-corrected chi connectivity index (χ4v) is 2.75. The molecular formula is C17H34N2O4. The highest BCUT2D eigenvalue weighted by Crippen LogP contribution is 2.23. The average Bonchev–Trinajstić information content (AvgIpc) is 2.44. The largest absolute Gasteiger partial charge is 0.444 e. The van der Waals surface area contributed by atoms with Gasteiger partial charge in [0, 0.05) is 25.2 Å². The van der Waals surface area contributed by atoms with Gasteiger partial charge in [-0.3, -0.25) is 0 Å². The summed E-state index contributed by atoms with van der Waals surface area (Å²) in [5, 5.41) is 22.2. The van der Waals surface area contributed by atoms with Gasteiger partial charge in [0.2, 0.25) is 0 Å². The zero-order valence-electron chi connectivity index (χ0n) is 15.3. The maximum Gasteiger partial charge on any atom is 0.410 e. The van der Waals surface area contributed by atoms with Crippen molar-refractivity contribution >= 4 is 6.09 Å². The van der Waals surface area contributed by atoms with E-state index in [1.807, 2.05) is 32.6 Å². The molecule has 1 amide bonds. The summed E-state index contributed by atoms with van der Waals surface area (Å²) < 4.78 is 5.51. The molecule has 0 aliphatic carbocycles. The molecule has 0 radical (unpaired) electrons. The SMILES string of the molecule is CC(CC1CCCCN1C(=O)OC(C)(C)C)NCC(C)(O)CO. The predicted octanol–water partition coefficient (Wildman–Crippen LogP) is 1.89. The molecule has 0 aromatic carbocycles. The summed E-state index contributed by atoms with van der Waals surface area (Å²) in [7, 11) is 0. The van der Waals surface area contributed by atoms with Crippen LogP contribution in [0.3, 0.4) is 0 Å². The van der Waals surface area contributed by atoms with Crippen LogP contribution in [0.4, 0.5) is 4.79 Å². The molecule has 3 N–H and O–H groups in total. The fraction of sp³-hybridized carbons (Fsp3) is 0.941. The molecule has 6 nitrogen and oxygen atoms in total. The quantitative estimate of drug-likeness (QED) is 0.693. The van der Waals surface area contributed by atoms with E-state index in [9.17, 15) is 9.90 Å². The monoisotopic (exact) mass is 330 g/mol. The summed E-state index contributed by atoms with van der Waals surface area (Å²) in [6.07, 6.45) is 3.67. The molecule has 1 aliphatic rings. The maximum atomic E-state index is 12.4. The zero-order chi connectivity index (χ0) is 17.7. The van der Waals surface area contributed by atoms with E-state index in [2.05, 4.69) is 5.32 Å². The molecule has 136 valence electrons. The number of hydrogen-bond acceptors (Lipinski definition) is 5. The van der Waals surface area contributed by atoms with E-state index in [-0.39, 0.29) is 24.8 Å². The van der Waals surface area contributed by atoms with Gasteiger partial charge in [0.15, 0.2) is 0 Å². The third-order valence-electron chi connectivity index (χ3n) is 4.05. The highest BCUT2D eigenvalue weighted by molar-refractivity contribution is 5.68. The van der Waals surface area contributed by atoms with Gasteiger partial charge in [-0.05, 0) is 60.3 Å². The second-order valence-corrected chi connectivity index (χ2v) is 8.00. The molecule has 0 aromatic heterocycles. The van der Waals surface area contributed by atoms with E-state index in [1.54, 1.807) is 6.92 Å². The Kier molecular flexibility index (Phi) is 7.29. The number of aliphatic hydroxyl groups is 2. The summed E-state index contributed by atoms with van der Waals surface area (Å²) in [5.41, 5.74) is -1.60. The average molecular weight is 330 g/mol. The first kappa shape index (κ1) is 20.2. The van der Waals surface area contributed by atoms with Crippen molar-refractivity contribution in [2.45, 2.75) is 83.6 Å². The minimum Gasteiger partial charge on any atom is -0.444 e. The number of nitrogens with one attached hydrogen (secondary N) is 1. The Morgan fingerprint density at radius 3 is 2.57 bits per heavy atom. The van der Waals surface area contributed by atoms with Crippen molar-refractivity contribution in [1.29, 1.82) is 0 Å². The van der Waals surface area contributed by atoms with Crippen LogP contribution < -0.4 is 5.32 Å². The molecule has 0 aromatic rings. The lowest BCUT2D eigenvalue weighted by atomic mass is 9.96. The van der Waals surface area contributed by atoms with Gasteiger partial charge in [-0.25, -0.2) is 4.79 Å². The van der Waals surface area contributed by atoms with Gasteiger partial charge in [0.05, 0.1) is 12.2 Å². The van der Waals surface area contributed by atoms with Crippen LogP contribution in [0, 0.1) is 0 Å². The molecule has 0 saturated carbocycles. The highest BCUT2D eigenvalue weighted by atomic mass is 16.6. The third kappa shape index (κ3) is 7.50. The zero-order valence-corrected chi connectivity index (χ0v) is 15.3. The molecule has 3 unspecified atom stereocenters. The number of carbonyl (C=O) groups excluding carboxylic acids is 1. The Morgan fingerprint density at radius 2 is 2.00 bits per heavy atom. The van der Waals surface area contributed by atoms with E-state index in [1.165, 1.54) is 0 Å². The minimum absolute atomic E-state index is 0.140. The molecular weight excluding hydrogens is 296 g/mol. The number of piperidine rings is 1. The number of amides is 1. The standard InChI is InChI=1S/C17H34N2O4/c1-13(18-11-17(5,22)12-20)10-14-8-6-7-9-19(14)15(21)23-16(2,3)4/h13-14,18,20,22H,6-12H2,1-5H3. The summed E-state index contributed by atoms with van der Waals surface area (Å²) in [6, 6.07) is 0.293. The number of ether oxygens (including phenoxy) is 1. The molecule has 1 aliphatic heterocycles. The van der Waals surface area contributed by atoms with Crippen molar-refractivity contribution in [3.8, 4) is 0 Å². The maximum absolute atomic E-state index is 12.4. The van der Waals surface area contributed by atoms with Crippen molar-refractivity contribution in [2.75, 3.05) is 19.7 Å². The number of carbonyl (C=O) groups is 1. The molecule has 0 bridgehead atoms. The summed E-state index contributed by atoms with van der Waals surface area (Å²) in [5.74, 6) is 0. The van der Waals surface area contributed by atoms with Crippen LogP contribution in [0.25, 0.3) is 0 Å². The minimum atomic E-state index is -1.12. The second kappa shape index (κ2) is 8.31. The van der Waals surface area contributed by atoms with E-state index < -0.39 is 11.2 Å². The van der Waals surface area contributed by atoms with Crippen LogP contribution >= 0.6 is 0 Å². The Hall–Kier alpha value is -0.850. The van der Waals surface area contributed by atoms with Gasteiger partial charge in [0.1, 0.15) is 5.60 Å². The molecule has 1 rings (SSSR count). The van der Waals surface area contributed by atoms with Gasteiger partial charge >= 0.3 is 6.09 Å². The molecule has 0 spiro atoms. The Bertz CT molecular complexity index is 379. The number of likely N-dealkylation sites (tertiary alicyclic amines) is 1. The number of aliphatic hydroxyl groups excluding tert-OH is 1. The lowest BCUT2D eigenvalue weighted by Crippen LogP contribution is -2.50. The van der Waals surface area contributed by atoms with Crippen LogP contribution in [-0.4, -0.2) is 64.2 Å². The second-order valence-electron chi connectivity index (χ2n) is 8.00. The smallest absolute Gasteiger partial charge is 0.410 e. The Labute approximate surface area is 140 Å². The normalized spacial score (nSPS) is 23.3. The Balaban J connectivity index is 2.56. The van der Waals surface area contributed by atoms with Gasteiger partial charge in [-0.15, -0.1) is 0 Å². The molecule has 1 fully saturated rings. The van der Waals surface area contributed by atoms with Gasteiger partial charge in [-0.2, -0.15) is 0 Å². The van der Waals surface area contributed by atoms with Gasteiger partial charge < -0.3 is 25.2 Å². The fourth-order valence-electron chi connectivity index (χ4n) is 2.75. The first-order chi connectivity index (χ1) is 10.5. The van der Waals surface area contributed by atoms with Crippen LogP contribution in [-0.2, 0) is 4.74 Å². The van der Waals surface area contributed by atoms with Crippen LogP contribution in [0.2, 0.25) is 0 Å². The van der Waals surface area contributed by atoms with Crippen molar-refractivity contribution in [1.82, 2.24) is 10.2 Å². The molecule has 23 heavy (non-hydrogen) atoms. The Morgan fingerprint density at radius 1 is 1.35 bits per heavy atom. The first-order valence-corrected chi connectivity index (χ1v) is 8.60. The van der Waals surface area contributed by atoms with Crippen LogP contribution in [0.1, 0.15) is 60.3 Å².